The molecule has 0 fully saturated rings. The smallest absolute Gasteiger partial charge is 0.168 e. The standard InChI is InChI=1S/C14H20O2/c1-5-14(4,16)13(15)9-12-7-10(2)6-11(3)8-12/h6-8,16H,5,9H2,1-4H3. The first-order chi connectivity index (χ1) is 7.35. The lowest BCUT2D eigenvalue weighted by Crippen LogP contribution is -2.35. The van der Waals surface area contributed by atoms with Crippen molar-refractivity contribution >= 4 is 5.78 Å². The lowest BCUT2D eigenvalue weighted by molar-refractivity contribution is -0.135. The van der Waals surface area contributed by atoms with Crippen LogP contribution in [0, 0.1) is 13.8 Å². The van der Waals surface area contributed by atoms with Gasteiger partial charge in [0.25, 0.3) is 0 Å². The highest BCUT2D eigenvalue weighted by Gasteiger charge is 2.27. The topological polar surface area (TPSA) is 37.3 Å². The highest BCUT2D eigenvalue weighted by atomic mass is 16.3. The Bertz CT molecular complexity index is 371. The van der Waals surface area contributed by atoms with Gasteiger partial charge in [0, 0.05) is 6.42 Å². The Hall–Kier alpha value is -1.15. The summed E-state index contributed by atoms with van der Waals surface area (Å²) in [7, 11) is 0. The summed E-state index contributed by atoms with van der Waals surface area (Å²) < 4.78 is 0. The fourth-order valence-electron chi connectivity index (χ4n) is 1.74. The molecule has 0 amide bonds. The van der Waals surface area contributed by atoms with Crippen molar-refractivity contribution in [2.24, 2.45) is 0 Å². The number of hydrogen-bond acceptors (Lipinski definition) is 2. The van der Waals surface area contributed by atoms with Gasteiger partial charge < -0.3 is 5.11 Å². The van der Waals surface area contributed by atoms with E-state index in [4.69, 9.17) is 0 Å². The van der Waals surface area contributed by atoms with E-state index in [1.807, 2.05) is 32.9 Å². The zero-order chi connectivity index (χ0) is 12.3. The number of aliphatic hydroxyl groups is 1. The van der Waals surface area contributed by atoms with Gasteiger partial charge in [-0.3, -0.25) is 4.79 Å². The highest BCUT2D eigenvalue weighted by Crippen LogP contribution is 2.16. The molecule has 0 aliphatic heterocycles. The SMILES string of the molecule is CCC(C)(O)C(=O)Cc1cc(C)cc(C)c1. The third-order valence-corrected chi connectivity index (χ3v) is 2.94. The minimum absolute atomic E-state index is 0.111. The Kier molecular flexibility index (Phi) is 3.87. The summed E-state index contributed by atoms with van der Waals surface area (Å²) in [5.41, 5.74) is 2.09. The predicted octanol–water partition coefficient (Wildman–Crippen LogP) is 2.58. The molecule has 0 radical (unpaired) electrons. The minimum Gasteiger partial charge on any atom is -0.382 e. The molecule has 0 heterocycles. The Morgan fingerprint density at radius 1 is 1.25 bits per heavy atom. The summed E-state index contributed by atoms with van der Waals surface area (Å²) in [5.74, 6) is -0.111. The average Bonchev–Trinajstić information content (AvgIpc) is 2.15. The van der Waals surface area contributed by atoms with E-state index < -0.39 is 5.60 Å². The maximum atomic E-state index is 11.8. The number of hydrogen-bond donors (Lipinski definition) is 1. The van der Waals surface area contributed by atoms with Crippen LogP contribution >= 0.6 is 0 Å². The maximum absolute atomic E-state index is 11.8. The molecule has 1 rings (SSSR count). The number of Topliss-reactive ketones (excluding diaryl/α,β-unsaturated/α-hetero) is 1. The fourth-order valence-corrected chi connectivity index (χ4v) is 1.74. The fraction of sp³-hybridized carbons (Fsp3) is 0.500. The predicted molar refractivity (Wildman–Crippen MR) is 65.5 cm³/mol. The summed E-state index contributed by atoms with van der Waals surface area (Å²) in [5, 5.41) is 9.84. The lowest BCUT2D eigenvalue weighted by atomic mass is 9.92. The quantitative estimate of drug-likeness (QED) is 0.846. The number of carbonyl (C=O) groups excluding carboxylic acids is 1. The highest BCUT2D eigenvalue weighted by molar-refractivity contribution is 5.88. The van der Waals surface area contributed by atoms with Gasteiger partial charge in [-0.1, -0.05) is 36.2 Å². The molecule has 1 atom stereocenters. The normalized spacial score (nSPS) is 14.6. The van der Waals surface area contributed by atoms with Crippen molar-refractivity contribution in [3.05, 3.63) is 34.9 Å². The van der Waals surface area contributed by atoms with Crippen LogP contribution in [-0.2, 0) is 11.2 Å². The van der Waals surface area contributed by atoms with Crippen molar-refractivity contribution in [2.45, 2.75) is 46.1 Å². The van der Waals surface area contributed by atoms with E-state index in [-0.39, 0.29) is 5.78 Å². The Labute approximate surface area is 97.3 Å². The summed E-state index contributed by atoms with van der Waals surface area (Å²) in [6.07, 6.45) is 0.764. The first kappa shape index (κ1) is 12.9. The molecule has 1 aromatic rings. The van der Waals surface area contributed by atoms with Crippen LogP contribution in [0.3, 0.4) is 0 Å². The van der Waals surface area contributed by atoms with Gasteiger partial charge in [-0.15, -0.1) is 0 Å². The molecule has 0 spiro atoms. The molecule has 0 aliphatic carbocycles. The molecule has 1 N–H and O–H groups in total. The van der Waals surface area contributed by atoms with Crippen LogP contribution in [0.25, 0.3) is 0 Å². The van der Waals surface area contributed by atoms with Gasteiger partial charge in [-0.25, -0.2) is 0 Å². The van der Waals surface area contributed by atoms with Crippen molar-refractivity contribution in [3.63, 3.8) is 0 Å². The van der Waals surface area contributed by atoms with Gasteiger partial charge in [0.05, 0.1) is 0 Å². The van der Waals surface area contributed by atoms with Crippen LogP contribution in [0.1, 0.15) is 37.0 Å². The van der Waals surface area contributed by atoms with E-state index in [1.165, 1.54) is 0 Å². The Balaban J connectivity index is 2.85. The van der Waals surface area contributed by atoms with E-state index in [1.54, 1.807) is 6.92 Å². The van der Waals surface area contributed by atoms with Crippen molar-refractivity contribution in [2.75, 3.05) is 0 Å². The molecule has 0 saturated carbocycles. The molecule has 0 saturated heterocycles. The van der Waals surface area contributed by atoms with Crippen molar-refractivity contribution < 1.29 is 9.90 Å². The van der Waals surface area contributed by atoms with Crippen molar-refractivity contribution in [1.29, 1.82) is 0 Å². The maximum Gasteiger partial charge on any atom is 0.168 e. The van der Waals surface area contributed by atoms with Crippen molar-refractivity contribution in [1.82, 2.24) is 0 Å². The number of aryl methyl sites for hydroxylation is 2. The molecule has 16 heavy (non-hydrogen) atoms. The molecule has 0 aromatic heterocycles. The van der Waals surface area contributed by atoms with Gasteiger partial charge >= 0.3 is 0 Å². The molecule has 0 aliphatic rings. The van der Waals surface area contributed by atoms with Gasteiger partial charge in [0.15, 0.2) is 5.78 Å². The zero-order valence-corrected chi connectivity index (χ0v) is 10.5. The third kappa shape index (κ3) is 3.17. The Morgan fingerprint density at radius 3 is 2.19 bits per heavy atom. The van der Waals surface area contributed by atoms with Crippen LogP contribution in [0.15, 0.2) is 18.2 Å². The van der Waals surface area contributed by atoms with E-state index in [0.29, 0.717) is 12.8 Å². The van der Waals surface area contributed by atoms with E-state index in [9.17, 15) is 9.90 Å². The molecule has 0 bridgehead atoms. The van der Waals surface area contributed by atoms with Crippen LogP contribution in [-0.4, -0.2) is 16.5 Å². The summed E-state index contributed by atoms with van der Waals surface area (Å²) in [6, 6.07) is 6.07. The average molecular weight is 220 g/mol. The largest absolute Gasteiger partial charge is 0.382 e. The van der Waals surface area contributed by atoms with Crippen LogP contribution in [0.4, 0.5) is 0 Å². The van der Waals surface area contributed by atoms with E-state index in [2.05, 4.69) is 6.07 Å². The first-order valence-corrected chi connectivity index (χ1v) is 5.68. The molecule has 2 nitrogen and oxygen atoms in total. The number of ketones is 1. The van der Waals surface area contributed by atoms with Gasteiger partial charge in [-0.05, 0) is 32.8 Å². The molecule has 1 aromatic carbocycles. The molecule has 2 heteroatoms. The molecule has 1 unspecified atom stereocenters. The van der Waals surface area contributed by atoms with E-state index in [0.717, 1.165) is 16.7 Å². The number of rotatable bonds is 4. The van der Waals surface area contributed by atoms with Crippen molar-refractivity contribution in [3.8, 4) is 0 Å². The second kappa shape index (κ2) is 4.79. The monoisotopic (exact) mass is 220 g/mol. The Morgan fingerprint density at radius 2 is 1.75 bits per heavy atom. The summed E-state index contributed by atoms with van der Waals surface area (Å²) in [4.78, 5) is 11.8. The zero-order valence-electron chi connectivity index (χ0n) is 10.5. The molecular formula is C14H20O2. The second-order valence-corrected chi connectivity index (χ2v) is 4.72. The van der Waals surface area contributed by atoms with Crippen LogP contribution in [0.5, 0.6) is 0 Å². The minimum atomic E-state index is -1.20. The van der Waals surface area contributed by atoms with Gasteiger partial charge in [0.1, 0.15) is 5.60 Å². The summed E-state index contributed by atoms with van der Waals surface area (Å²) >= 11 is 0. The molecular weight excluding hydrogens is 200 g/mol. The van der Waals surface area contributed by atoms with Gasteiger partial charge in [-0.2, -0.15) is 0 Å². The van der Waals surface area contributed by atoms with Crippen LogP contribution < -0.4 is 0 Å². The second-order valence-electron chi connectivity index (χ2n) is 4.72. The lowest BCUT2D eigenvalue weighted by Gasteiger charge is -2.19. The third-order valence-electron chi connectivity index (χ3n) is 2.94. The number of carbonyl (C=O) groups is 1. The van der Waals surface area contributed by atoms with Gasteiger partial charge in [0.2, 0.25) is 0 Å². The van der Waals surface area contributed by atoms with Crippen LogP contribution in [0.2, 0.25) is 0 Å². The summed E-state index contributed by atoms with van der Waals surface area (Å²) in [6.45, 7) is 7.43. The first-order valence-electron chi connectivity index (χ1n) is 5.68. The molecule has 88 valence electrons. The van der Waals surface area contributed by atoms with E-state index >= 15 is 0 Å². The number of benzene rings is 1.